The first-order valence-electron chi connectivity index (χ1n) is 13.1. The molecule has 0 saturated heterocycles. The van der Waals surface area contributed by atoms with E-state index in [1.807, 2.05) is 11.1 Å². The van der Waals surface area contributed by atoms with Crippen molar-refractivity contribution in [2.24, 2.45) is 45.8 Å². The van der Waals surface area contributed by atoms with Gasteiger partial charge in [-0.2, -0.15) is 0 Å². The van der Waals surface area contributed by atoms with E-state index in [4.69, 9.17) is 0 Å². The SMILES string of the molecule is CC(C)CCC[C@@H](C)[C@H]1CCC2C3=C(CC[C@@]21C)[C@@]1(C)CC[C@@H](O)[C@H]2C[C@]21CC3. The lowest BCUT2D eigenvalue weighted by Gasteiger charge is -2.55. The Balaban J connectivity index is 1.38. The topological polar surface area (TPSA) is 20.2 Å². The number of rotatable bonds is 5. The molecule has 0 amide bonds. The van der Waals surface area contributed by atoms with Gasteiger partial charge in [0.1, 0.15) is 0 Å². The van der Waals surface area contributed by atoms with Crippen LogP contribution in [0, 0.1) is 45.8 Å². The van der Waals surface area contributed by atoms with Gasteiger partial charge in [-0.1, -0.05) is 65.0 Å². The minimum atomic E-state index is 0.00151. The largest absolute Gasteiger partial charge is 0.393 e. The highest BCUT2D eigenvalue weighted by molar-refractivity contribution is 5.40. The Morgan fingerprint density at radius 3 is 2.52 bits per heavy atom. The molecule has 5 aliphatic rings. The standard InChI is InChI=1S/C28H46O/c1-18(2)7-6-8-19(3)21-9-10-22-20-11-16-28-17-24(28)25(29)13-15-27(28,5)23(20)12-14-26(21,22)4/h18-19,21-22,24-25,29H,6-17H2,1-5H3/t19-,21-,22?,24-,25-,26-,27-,28-/m1/s1. The second kappa shape index (κ2) is 6.85. The van der Waals surface area contributed by atoms with Crippen molar-refractivity contribution >= 4 is 0 Å². The van der Waals surface area contributed by atoms with Crippen molar-refractivity contribution in [1.82, 2.24) is 0 Å². The average Bonchev–Trinajstić information content (AvgIpc) is 3.31. The quantitative estimate of drug-likeness (QED) is 0.474. The average molecular weight is 399 g/mol. The Morgan fingerprint density at radius 2 is 1.76 bits per heavy atom. The second-order valence-electron chi connectivity index (χ2n) is 13.0. The highest BCUT2D eigenvalue weighted by atomic mass is 16.3. The lowest BCUT2D eigenvalue weighted by atomic mass is 9.49. The molecule has 164 valence electrons. The molecule has 1 nitrogen and oxygen atoms in total. The van der Waals surface area contributed by atoms with E-state index in [1.54, 1.807) is 0 Å². The summed E-state index contributed by atoms with van der Waals surface area (Å²) in [6.07, 6.45) is 16.4. The van der Waals surface area contributed by atoms with Crippen LogP contribution in [0.3, 0.4) is 0 Å². The molecule has 1 N–H and O–H groups in total. The zero-order chi connectivity index (χ0) is 20.6. The van der Waals surface area contributed by atoms with E-state index >= 15 is 0 Å². The number of hydrogen-bond donors (Lipinski definition) is 1. The molecule has 0 bridgehead atoms. The fourth-order valence-electron chi connectivity index (χ4n) is 9.63. The van der Waals surface area contributed by atoms with Crippen LogP contribution >= 0.6 is 0 Å². The summed E-state index contributed by atoms with van der Waals surface area (Å²) < 4.78 is 0. The molecule has 0 radical (unpaired) electrons. The number of allylic oxidation sites excluding steroid dienone is 2. The molecule has 5 aliphatic carbocycles. The number of aliphatic hydroxyl groups excluding tert-OH is 1. The van der Waals surface area contributed by atoms with Gasteiger partial charge in [0.15, 0.2) is 0 Å². The van der Waals surface area contributed by atoms with Crippen molar-refractivity contribution < 1.29 is 5.11 Å². The lowest BCUT2D eigenvalue weighted by Crippen LogP contribution is -2.47. The summed E-state index contributed by atoms with van der Waals surface area (Å²) in [5.41, 5.74) is 5.32. The normalized spacial score (nSPS) is 49.3. The molecule has 3 fully saturated rings. The molecule has 0 aromatic carbocycles. The van der Waals surface area contributed by atoms with Crippen LogP contribution in [0.5, 0.6) is 0 Å². The molecule has 1 spiro atoms. The van der Waals surface area contributed by atoms with E-state index < -0.39 is 0 Å². The van der Waals surface area contributed by atoms with Gasteiger partial charge in [0.25, 0.3) is 0 Å². The van der Waals surface area contributed by atoms with Gasteiger partial charge in [-0.15, -0.1) is 0 Å². The van der Waals surface area contributed by atoms with Crippen molar-refractivity contribution in [2.75, 3.05) is 0 Å². The summed E-state index contributed by atoms with van der Waals surface area (Å²) in [7, 11) is 0. The van der Waals surface area contributed by atoms with Crippen molar-refractivity contribution in [2.45, 2.75) is 118 Å². The van der Waals surface area contributed by atoms with Crippen LogP contribution in [0.25, 0.3) is 0 Å². The van der Waals surface area contributed by atoms with E-state index in [-0.39, 0.29) is 6.10 Å². The van der Waals surface area contributed by atoms with Crippen LogP contribution in [0.15, 0.2) is 11.1 Å². The van der Waals surface area contributed by atoms with E-state index in [0.717, 1.165) is 30.1 Å². The Labute approximate surface area is 180 Å². The first kappa shape index (κ1) is 20.6. The van der Waals surface area contributed by atoms with Gasteiger partial charge in [0.05, 0.1) is 6.10 Å². The number of aliphatic hydroxyl groups is 1. The highest BCUT2D eigenvalue weighted by Crippen LogP contribution is 2.78. The Kier molecular flexibility index (Phi) is 4.86. The zero-order valence-electron chi connectivity index (χ0n) is 19.9. The predicted molar refractivity (Wildman–Crippen MR) is 122 cm³/mol. The van der Waals surface area contributed by atoms with Crippen LogP contribution in [-0.2, 0) is 0 Å². The number of fused-ring (bicyclic) bond motifs is 3. The van der Waals surface area contributed by atoms with Gasteiger partial charge >= 0.3 is 0 Å². The van der Waals surface area contributed by atoms with E-state index in [0.29, 0.717) is 22.2 Å². The third-order valence-electron chi connectivity index (χ3n) is 11.4. The summed E-state index contributed by atoms with van der Waals surface area (Å²) in [5, 5.41) is 10.5. The summed E-state index contributed by atoms with van der Waals surface area (Å²) in [6, 6.07) is 0. The Bertz CT molecular complexity index is 690. The second-order valence-corrected chi connectivity index (χ2v) is 13.0. The van der Waals surface area contributed by atoms with Gasteiger partial charge in [0, 0.05) is 0 Å². The third kappa shape index (κ3) is 2.81. The zero-order valence-corrected chi connectivity index (χ0v) is 19.9. The molecule has 8 atom stereocenters. The first-order chi connectivity index (χ1) is 13.7. The molecule has 0 heterocycles. The molecule has 0 aromatic heterocycles. The minimum Gasteiger partial charge on any atom is -0.393 e. The predicted octanol–water partition coefficient (Wildman–Crippen LogP) is 7.53. The van der Waals surface area contributed by atoms with Crippen molar-refractivity contribution in [3.8, 4) is 0 Å². The third-order valence-corrected chi connectivity index (χ3v) is 11.4. The molecule has 3 saturated carbocycles. The maximum atomic E-state index is 10.5. The van der Waals surface area contributed by atoms with Gasteiger partial charge in [-0.25, -0.2) is 0 Å². The van der Waals surface area contributed by atoms with Crippen LogP contribution in [-0.4, -0.2) is 11.2 Å². The smallest absolute Gasteiger partial charge is 0.0574 e. The van der Waals surface area contributed by atoms with Crippen molar-refractivity contribution in [1.29, 1.82) is 0 Å². The summed E-state index contributed by atoms with van der Waals surface area (Å²) in [6.45, 7) is 12.6. The molecule has 5 rings (SSSR count). The monoisotopic (exact) mass is 398 g/mol. The van der Waals surface area contributed by atoms with Gasteiger partial charge in [-0.05, 0) is 104 Å². The molecule has 1 unspecified atom stereocenters. The summed E-state index contributed by atoms with van der Waals surface area (Å²) >= 11 is 0. The van der Waals surface area contributed by atoms with Crippen LogP contribution < -0.4 is 0 Å². The molecule has 29 heavy (non-hydrogen) atoms. The summed E-state index contributed by atoms with van der Waals surface area (Å²) in [4.78, 5) is 0. The molecule has 0 aromatic rings. The van der Waals surface area contributed by atoms with Crippen molar-refractivity contribution in [3.05, 3.63) is 11.1 Å². The summed E-state index contributed by atoms with van der Waals surface area (Å²) in [5.74, 6) is 4.20. The molecule has 1 heteroatoms. The fourth-order valence-corrected chi connectivity index (χ4v) is 9.63. The fraction of sp³-hybridized carbons (Fsp3) is 0.929. The van der Waals surface area contributed by atoms with E-state index in [2.05, 4.69) is 34.6 Å². The Morgan fingerprint density at radius 1 is 0.966 bits per heavy atom. The first-order valence-corrected chi connectivity index (χ1v) is 13.1. The van der Waals surface area contributed by atoms with Gasteiger partial charge in [0.2, 0.25) is 0 Å². The van der Waals surface area contributed by atoms with Crippen LogP contribution in [0.1, 0.15) is 112 Å². The number of hydrogen-bond acceptors (Lipinski definition) is 1. The molecular formula is C28H46O. The van der Waals surface area contributed by atoms with Gasteiger partial charge < -0.3 is 5.11 Å². The van der Waals surface area contributed by atoms with E-state index in [1.165, 1.54) is 70.6 Å². The van der Waals surface area contributed by atoms with E-state index in [9.17, 15) is 5.11 Å². The molecule has 0 aliphatic heterocycles. The highest BCUT2D eigenvalue weighted by Gasteiger charge is 2.71. The molecular weight excluding hydrogens is 352 g/mol. The minimum absolute atomic E-state index is 0.00151. The van der Waals surface area contributed by atoms with Crippen molar-refractivity contribution in [3.63, 3.8) is 0 Å². The van der Waals surface area contributed by atoms with Gasteiger partial charge in [-0.3, -0.25) is 0 Å². The lowest BCUT2D eigenvalue weighted by molar-refractivity contribution is 0.00539. The maximum absolute atomic E-state index is 10.5. The Hall–Kier alpha value is -0.300. The maximum Gasteiger partial charge on any atom is 0.0574 e. The van der Waals surface area contributed by atoms with Crippen LogP contribution in [0.4, 0.5) is 0 Å². The van der Waals surface area contributed by atoms with Crippen LogP contribution in [0.2, 0.25) is 0 Å².